The summed E-state index contributed by atoms with van der Waals surface area (Å²) in [5.74, 6) is 0.458. The lowest BCUT2D eigenvalue weighted by atomic mass is 10.2. The first-order chi connectivity index (χ1) is 11.4. The summed E-state index contributed by atoms with van der Waals surface area (Å²) in [4.78, 5) is 19.0. The third kappa shape index (κ3) is 3.18. The van der Waals surface area contributed by atoms with Crippen LogP contribution < -0.4 is 4.90 Å². The zero-order chi connectivity index (χ0) is 17.3. The number of nitrogens with zero attached hydrogens (tertiary/aromatic N) is 3. The Morgan fingerprint density at radius 1 is 1.08 bits per heavy atom. The van der Waals surface area contributed by atoms with E-state index in [1.165, 1.54) is 26.2 Å². The molecule has 7 heteroatoms. The summed E-state index contributed by atoms with van der Waals surface area (Å²) in [6.45, 7) is 0. The van der Waals surface area contributed by atoms with E-state index in [9.17, 15) is 13.2 Å². The predicted octanol–water partition coefficient (Wildman–Crippen LogP) is 2.14. The Morgan fingerprint density at radius 2 is 1.75 bits per heavy atom. The van der Waals surface area contributed by atoms with E-state index in [0.29, 0.717) is 11.4 Å². The van der Waals surface area contributed by atoms with Gasteiger partial charge in [0.25, 0.3) is 5.91 Å². The summed E-state index contributed by atoms with van der Waals surface area (Å²) in [6, 6.07) is 11.7. The molecule has 126 valence electrons. The minimum absolute atomic E-state index is 0.162. The molecule has 1 aromatic heterocycles. The van der Waals surface area contributed by atoms with Crippen LogP contribution in [0.1, 0.15) is 23.2 Å². The van der Waals surface area contributed by atoms with Gasteiger partial charge in [0.15, 0.2) is 0 Å². The molecule has 1 saturated carbocycles. The molecule has 0 N–H and O–H groups in total. The first-order valence-corrected chi connectivity index (χ1v) is 9.12. The second-order valence-electron chi connectivity index (χ2n) is 5.91. The Kier molecular flexibility index (Phi) is 4.38. The van der Waals surface area contributed by atoms with E-state index in [-0.39, 0.29) is 16.8 Å². The molecule has 0 aliphatic heterocycles. The number of amides is 1. The molecule has 1 aliphatic rings. The first-order valence-electron chi connectivity index (χ1n) is 7.68. The van der Waals surface area contributed by atoms with Gasteiger partial charge in [-0.2, -0.15) is 0 Å². The van der Waals surface area contributed by atoms with Crippen molar-refractivity contribution < 1.29 is 13.2 Å². The van der Waals surface area contributed by atoms with Gasteiger partial charge < -0.3 is 0 Å². The molecule has 1 aromatic carbocycles. The zero-order valence-electron chi connectivity index (χ0n) is 13.6. The van der Waals surface area contributed by atoms with Crippen LogP contribution >= 0.6 is 0 Å². The molecular weight excluding hydrogens is 326 g/mol. The zero-order valence-corrected chi connectivity index (χ0v) is 14.4. The van der Waals surface area contributed by atoms with Gasteiger partial charge in [-0.15, -0.1) is 0 Å². The number of benzene rings is 1. The Labute approximate surface area is 141 Å². The Bertz CT molecular complexity index is 829. The van der Waals surface area contributed by atoms with Gasteiger partial charge >= 0.3 is 0 Å². The van der Waals surface area contributed by atoms with Crippen molar-refractivity contribution in [3.8, 4) is 0 Å². The summed E-state index contributed by atoms with van der Waals surface area (Å²) in [5.41, 5.74) is 0.449. The lowest BCUT2D eigenvalue weighted by molar-refractivity contribution is 0.0984. The first kappa shape index (κ1) is 16.6. The minimum Gasteiger partial charge on any atom is -0.290 e. The number of hydrogen-bond donors (Lipinski definition) is 0. The number of carbonyl (C=O) groups excluding carboxylic acids is 1. The van der Waals surface area contributed by atoms with Crippen LogP contribution in [0.25, 0.3) is 0 Å². The summed E-state index contributed by atoms with van der Waals surface area (Å²) in [7, 11) is -0.547. The van der Waals surface area contributed by atoms with Gasteiger partial charge in [0.2, 0.25) is 10.0 Å². The molecule has 1 aliphatic carbocycles. The van der Waals surface area contributed by atoms with Crippen LogP contribution in [-0.2, 0) is 10.0 Å². The Hall–Kier alpha value is -2.25. The van der Waals surface area contributed by atoms with E-state index in [1.54, 1.807) is 35.4 Å². The van der Waals surface area contributed by atoms with Gasteiger partial charge in [-0.3, -0.25) is 9.69 Å². The summed E-state index contributed by atoms with van der Waals surface area (Å²) in [5, 5.41) is 0. The van der Waals surface area contributed by atoms with Gasteiger partial charge in [-0.1, -0.05) is 6.07 Å². The van der Waals surface area contributed by atoms with E-state index in [1.807, 2.05) is 6.07 Å². The number of hydrogen-bond acceptors (Lipinski definition) is 4. The highest BCUT2D eigenvalue weighted by Gasteiger charge is 2.35. The maximum atomic E-state index is 12.8. The molecule has 0 radical (unpaired) electrons. The minimum atomic E-state index is -3.50. The fraction of sp³-hybridized carbons (Fsp3) is 0.294. The molecule has 0 atom stereocenters. The molecule has 0 spiro atoms. The highest BCUT2D eigenvalue weighted by atomic mass is 32.2. The van der Waals surface area contributed by atoms with Crippen LogP contribution in [0.3, 0.4) is 0 Å². The van der Waals surface area contributed by atoms with Crippen molar-refractivity contribution in [3.05, 3.63) is 54.2 Å². The van der Waals surface area contributed by atoms with Crippen molar-refractivity contribution in [2.24, 2.45) is 0 Å². The lowest BCUT2D eigenvalue weighted by Gasteiger charge is -2.21. The van der Waals surface area contributed by atoms with Crippen LogP contribution in [0.2, 0.25) is 0 Å². The SMILES string of the molecule is CN(C)S(=O)(=O)c1ccc(C(=O)N(c2ccccn2)C2CC2)cc1. The van der Waals surface area contributed by atoms with E-state index in [2.05, 4.69) is 4.98 Å². The van der Waals surface area contributed by atoms with Gasteiger partial charge in [0, 0.05) is 31.9 Å². The van der Waals surface area contributed by atoms with Gasteiger partial charge in [0.1, 0.15) is 5.82 Å². The average molecular weight is 345 g/mol. The predicted molar refractivity (Wildman–Crippen MR) is 91.4 cm³/mol. The third-order valence-electron chi connectivity index (χ3n) is 3.91. The number of anilines is 1. The van der Waals surface area contributed by atoms with E-state index in [4.69, 9.17) is 0 Å². The molecule has 0 saturated heterocycles. The second-order valence-corrected chi connectivity index (χ2v) is 8.06. The average Bonchev–Trinajstić information content (AvgIpc) is 3.41. The normalized spacial score (nSPS) is 14.6. The van der Waals surface area contributed by atoms with Gasteiger partial charge in [-0.25, -0.2) is 17.7 Å². The molecule has 1 heterocycles. The number of pyridine rings is 1. The van der Waals surface area contributed by atoms with Gasteiger partial charge in [-0.05, 0) is 49.2 Å². The van der Waals surface area contributed by atoms with Crippen LogP contribution in [-0.4, -0.2) is 43.8 Å². The van der Waals surface area contributed by atoms with Crippen LogP contribution in [0.15, 0.2) is 53.6 Å². The maximum absolute atomic E-state index is 12.8. The molecular formula is C17H19N3O3S. The van der Waals surface area contributed by atoms with Crippen LogP contribution in [0.4, 0.5) is 5.82 Å². The molecule has 0 bridgehead atoms. The highest BCUT2D eigenvalue weighted by molar-refractivity contribution is 7.89. The van der Waals surface area contributed by atoms with E-state index >= 15 is 0 Å². The summed E-state index contributed by atoms with van der Waals surface area (Å²) < 4.78 is 25.4. The molecule has 3 rings (SSSR count). The van der Waals surface area contributed by atoms with Crippen LogP contribution in [0, 0.1) is 0 Å². The largest absolute Gasteiger partial charge is 0.290 e. The monoisotopic (exact) mass is 345 g/mol. The molecule has 6 nitrogen and oxygen atoms in total. The molecule has 2 aromatic rings. The molecule has 1 fully saturated rings. The standard InChI is InChI=1S/C17H19N3O3S/c1-19(2)24(22,23)15-10-6-13(7-11-15)17(21)20(14-8-9-14)16-5-3-4-12-18-16/h3-7,10-12,14H,8-9H2,1-2H3. The topological polar surface area (TPSA) is 70.6 Å². The molecule has 24 heavy (non-hydrogen) atoms. The van der Waals surface area contributed by atoms with Crippen molar-refractivity contribution in [2.75, 3.05) is 19.0 Å². The second kappa shape index (κ2) is 6.33. The maximum Gasteiger partial charge on any atom is 0.259 e. The molecule has 0 unspecified atom stereocenters. The number of aromatic nitrogens is 1. The van der Waals surface area contributed by atoms with Crippen molar-refractivity contribution in [3.63, 3.8) is 0 Å². The fourth-order valence-corrected chi connectivity index (χ4v) is 3.31. The number of rotatable bonds is 5. The fourth-order valence-electron chi connectivity index (χ4n) is 2.41. The lowest BCUT2D eigenvalue weighted by Crippen LogP contribution is -2.33. The number of carbonyl (C=O) groups is 1. The van der Waals surface area contributed by atoms with Crippen molar-refractivity contribution in [1.29, 1.82) is 0 Å². The van der Waals surface area contributed by atoms with Crippen molar-refractivity contribution >= 4 is 21.7 Å². The van der Waals surface area contributed by atoms with Crippen molar-refractivity contribution in [2.45, 2.75) is 23.8 Å². The number of sulfonamides is 1. The Morgan fingerprint density at radius 3 is 2.25 bits per heavy atom. The summed E-state index contributed by atoms with van der Waals surface area (Å²) >= 11 is 0. The van der Waals surface area contributed by atoms with Crippen LogP contribution in [0.5, 0.6) is 0 Å². The Balaban J connectivity index is 1.89. The smallest absolute Gasteiger partial charge is 0.259 e. The summed E-state index contributed by atoms with van der Waals surface area (Å²) in [6.07, 6.45) is 3.57. The van der Waals surface area contributed by atoms with E-state index in [0.717, 1.165) is 17.1 Å². The quantitative estimate of drug-likeness (QED) is 0.832. The highest BCUT2D eigenvalue weighted by Crippen LogP contribution is 2.32. The van der Waals surface area contributed by atoms with Gasteiger partial charge in [0.05, 0.1) is 4.90 Å². The molecule has 1 amide bonds. The van der Waals surface area contributed by atoms with Crippen molar-refractivity contribution in [1.82, 2.24) is 9.29 Å². The van der Waals surface area contributed by atoms with E-state index < -0.39 is 10.0 Å². The third-order valence-corrected chi connectivity index (χ3v) is 5.74.